The fourth-order valence-corrected chi connectivity index (χ4v) is 3.63. The average molecular weight is 420 g/mol. The van der Waals surface area contributed by atoms with Crippen LogP contribution in [-0.2, 0) is 4.79 Å². The van der Waals surface area contributed by atoms with Crippen molar-refractivity contribution in [3.05, 3.63) is 60.2 Å². The fourth-order valence-electron chi connectivity index (χ4n) is 3.63. The zero-order valence-corrected chi connectivity index (χ0v) is 18.4. The Balaban J connectivity index is 1.67. The summed E-state index contributed by atoms with van der Waals surface area (Å²) in [6.07, 6.45) is 5.06. The fraction of sp³-hybridized carbons (Fsp3) is 0.360. The SMILES string of the molecule is COc1ccccc1-c1cc(C#N)cc(OC2CCN(C(=O)/C=C/CN(C)C)CC2)c1. The number of piperidine rings is 1. The summed E-state index contributed by atoms with van der Waals surface area (Å²) in [5.74, 6) is 1.46. The number of amides is 1. The van der Waals surface area contributed by atoms with Gasteiger partial charge in [0.05, 0.1) is 18.7 Å². The van der Waals surface area contributed by atoms with Crippen molar-refractivity contribution in [3.63, 3.8) is 0 Å². The van der Waals surface area contributed by atoms with Crippen molar-refractivity contribution in [2.45, 2.75) is 18.9 Å². The number of hydrogen-bond acceptors (Lipinski definition) is 5. The molecule has 0 aromatic heterocycles. The smallest absolute Gasteiger partial charge is 0.246 e. The lowest BCUT2D eigenvalue weighted by atomic mass is 10.0. The van der Waals surface area contributed by atoms with E-state index in [0.29, 0.717) is 24.4 Å². The number of nitriles is 1. The highest BCUT2D eigenvalue weighted by molar-refractivity contribution is 5.87. The molecule has 0 saturated carbocycles. The molecule has 0 N–H and O–H groups in total. The first-order valence-corrected chi connectivity index (χ1v) is 10.5. The molecule has 2 aromatic carbocycles. The summed E-state index contributed by atoms with van der Waals surface area (Å²) in [5, 5.41) is 9.48. The number of methoxy groups -OCH3 is 1. The monoisotopic (exact) mass is 419 g/mol. The van der Waals surface area contributed by atoms with Gasteiger partial charge in [0.25, 0.3) is 0 Å². The maximum atomic E-state index is 12.3. The number of likely N-dealkylation sites (tertiary alicyclic amines) is 1. The molecule has 0 radical (unpaired) electrons. The zero-order chi connectivity index (χ0) is 22.2. The van der Waals surface area contributed by atoms with E-state index in [1.807, 2.05) is 66.4 Å². The van der Waals surface area contributed by atoms with E-state index in [4.69, 9.17) is 9.47 Å². The number of carbonyl (C=O) groups is 1. The van der Waals surface area contributed by atoms with Crippen LogP contribution in [0.4, 0.5) is 0 Å². The number of likely N-dealkylation sites (N-methyl/N-ethyl adjacent to an activating group) is 1. The lowest BCUT2D eigenvalue weighted by Crippen LogP contribution is -2.41. The summed E-state index contributed by atoms with van der Waals surface area (Å²) in [6.45, 7) is 2.06. The van der Waals surface area contributed by atoms with Crippen LogP contribution in [-0.4, -0.2) is 62.7 Å². The molecule has 1 saturated heterocycles. The average Bonchev–Trinajstić information content (AvgIpc) is 2.79. The van der Waals surface area contributed by atoms with Crippen molar-refractivity contribution in [1.82, 2.24) is 9.80 Å². The standard InChI is InChI=1S/C25H29N3O3/c1-27(2)12-6-9-25(29)28-13-10-21(11-14-28)31-22-16-19(18-26)15-20(17-22)23-7-4-5-8-24(23)30-3/h4-9,15-17,21H,10-14H2,1-3H3/b9-6+. The van der Waals surface area contributed by atoms with E-state index in [0.717, 1.165) is 36.3 Å². The quantitative estimate of drug-likeness (QED) is 0.640. The summed E-state index contributed by atoms with van der Waals surface area (Å²) < 4.78 is 11.7. The van der Waals surface area contributed by atoms with Gasteiger partial charge in [0.1, 0.15) is 17.6 Å². The minimum absolute atomic E-state index is 0.00858. The molecule has 1 aliphatic rings. The molecule has 0 unspecified atom stereocenters. The van der Waals surface area contributed by atoms with Crippen molar-refractivity contribution in [1.29, 1.82) is 5.26 Å². The summed E-state index contributed by atoms with van der Waals surface area (Å²) in [6, 6.07) is 15.5. The molecular weight excluding hydrogens is 390 g/mol. The largest absolute Gasteiger partial charge is 0.496 e. The number of carbonyl (C=O) groups excluding carboxylic acids is 1. The van der Waals surface area contributed by atoms with Crippen molar-refractivity contribution in [2.24, 2.45) is 0 Å². The number of hydrogen-bond donors (Lipinski definition) is 0. The van der Waals surface area contributed by atoms with Crippen LogP contribution >= 0.6 is 0 Å². The molecule has 3 rings (SSSR count). The first kappa shape index (κ1) is 22.4. The predicted molar refractivity (Wildman–Crippen MR) is 121 cm³/mol. The number of benzene rings is 2. The van der Waals surface area contributed by atoms with Crippen molar-refractivity contribution in [2.75, 3.05) is 40.8 Å². The van der Waals surface area contributed by atoms with E-state index >= 15 is 0 Å². The molecule has 1 amide bonds. The predicted octanol–water partition coefficient (Wildman–Crippen LogP) is 3.72. The molecule has 0 bridgehead atoms. The molecule has 1 fully saturated rings. The van der Waals surface area contributed by atoms with Gasteiger partial charge in [0.2, 0.25) is 5.91 Å². The highest BCUT2D eigenvalue weighted by Gasteiger charge is 2.23. The van der Waals surface area contributed by atoms with E-state index in [9.17, 15) is 10.1 Å². The highest BCUT2D eigenvalue weighted by Crippen LogP contribution is 2.33. The van der Waals surface area contributed by atoms with Crippen LogP contribution < -0.4 is 9.47 Å². The Morgan fingerprint density at radius 1 is 1.23 bits per heavy atom. The lowest BCUT2D eigenvalue weighted by Gasteiger charge is -2.31. The minimum Gasteiger partial charge on any atom is -0.496 e. The van der Waals surface area contributed by atoms with Gasteiger partial charge in [-0.05, 0) is 43.9 Å². The topological polar surface area (TPSA) is 65.8 Å². The van der Waals surface area contributed by atoms with Gasteiger partial charge >= 0.3 is 0 Å². The maximum Gasteiger partial charge on any atom is 0.246 e. The number of ether oxygens (including phenoxy) is 2. The Morgan fingerprint density at radius 3 is 2.65 bits per heavy atom. The van der Waals surface area contributed by atoms with Crippen molar-refractivity contribution >= 4 is 5.91 Å². The van der Waals surface area contributed by atoms with Crippen LogP contribution in [0.3, 0.4) is 0 Å². The molecule has 162 valence electrons. The Bertz CT molecular complexity index is 970. The van der Waals surface area contributed by atoms with Crippen LogP contribution in [0.2, 0.25) is 0 Å². The Morgan fingerprint density at radius 2 is 1.97 bits per heavy atom. The first-order chi connectivity index (χ1) is 15.0. The number of rotatable bonds is 7. The normalized spacial score (nSPS) is 14.6. The second-order valence-corrected chi connectivity index (χ2v) is 7.87. The second-order valence-electron chi connectivity index (χ2n) is 7.87. The molecule has 1 aliphatic heterocycles. The summed E-state index contributed by atoms with van der Waals surface area (Å²) in [4.78, 5) is 16.2. The Labute approximate surface area is 184 Å². The lowest BCUT2D eigenvalue weighted by molar-refractivity contribution is -0.127. The van der Waals surface area contributed by atoms with Crippen LogP contribution in [0.15, 0.2) is 54.6 Å². The Kier molecular flexibility index (Phi) is 7.69. The molecule has 0 aliphatic carbocycles. The third-order valence-electron chi connectivity index (χ3n) is 5.24. The zero-order valence-electron chi connectivity index (χ0n) is 18.4. The molecule has 6 heteroatoms. The second kappa shape index (κ2) is 10.6. The molecule has 0 atom stereocenters. The summed E-state index contributed by atoms with van der Waals surface area (Å²) in [7, 11) is 5.58. The maximum absolute atomic E-state index is 12.3. The van der Waals surface area contributed by atoms with E-state index in [2.05, 4.69) is 6.07 Å². The van der Waals surface area contributed by atoms with Gasteiger partial charge in [-0.15, -0.1) is 0 Å². The molecule has 31 heavy (non-hydrogen) atoms. The highest BCUT2D eigenvalue weighted by atomic mass is 16.5. The van der Waals surface area contributed by atoms with Crippen LogP contribution in [0.1, 0.15) is 18.4 Å². The number of nitrogens with zero attached hydrogens (tertiary/aromatic N) is 3. The van der Waals surface area contributed by atoms with Crippen molar-refractivity contribution < 1.29 is 14.3 Å². The molecule has 2 aromatic rings. The van der Waals surface area contributed by atoms with Gasteiger partial charge in [0, 0.05) is 44.1 Å². The molecule has 1 heterocycles. The molecule has 6 nitrogen and oxygen atoms in total. The van der Waals surface area contributed by atoms with Crippen LogP contribution in [0, 0.1) is 11.3 Å². The number of para-hydroxylation sites is 1. The molecular formula is C25H29N3O3. The Hall–Kier alpha value is -3.30. The van der Waals surface area contributed by atoms with Crippen molar-refractivity contribution in [3.8, 4) is 28.7 Å². The minimum atomic E-state index is 0.00858. The van der Waals surface area contributed by atoms with Crippen LogP contribution in [0.25, 0.3) is 11.1 Å². The third kappa shape index (κ3) is 6.09. The van der Waals surface area contributed by atoms with E-state index in [1.54, 1.807) is 19.3 Å². The van der Waals surface area contributed by atoms with Gasteiger partial charge in [-0.1, -0.05) is 24.3 Å². The third-order valence-corrected chi connectivity index (χ3v) is 5.24. The van der Waals surface area contributed by atoms with Gasteiger partial charge in [-0.25, -0.2) is 0 Å². The van der Waals surface area contributed by atoms with E-state index in [1.165, 1.54) is 0 Å². The summed E-state index contributed by atoms with van der Waals surface area (Å²) >= 11 is 0. The summed E-state index contributed by atoms with van der Waals surface area (Å²) in [5.41, 5.74) is 2.33. The van der Waals surface area contributed by atoms with Crippen LogP contribution in [0.5, 0.6) is 11.5 Å². The van der Waals surface area contributed by atoms with Gasteiger partial charge < -0.3 is 19.3 Å². The van der Waals surface area contributed by atoms with Gasteiger partial charge in [-0.3, -0.25) is 4.79 Å². The van der Waals surface area contributed by atoms with Gasteiger partial charge in [-0.2, -0.15) is 5.26 Å². The van der Waals surface area contributed by atoms with Gasteiger partial charge in [0.15, 0.2) is 0 Å². The first-order valence-electron chi connectivity index (χ1n) is 10.5. The molecule has 0 spiro atoms. The van der Waals surface area contributed by atoms with E-state index < -0.39 is 0 Å². The van der Waals surface area contributed by atoms with E-state index in [-0.39, 0.29) is 12.0 Å².